The van der Waals surface area contributed by atoms with Crippen LogP contribution in [0.2, 0.25) is 13.1 Å². The Bertz CT molecular complexity index is 264. The molecule has 0 N–H and O–H groups in total. The van der Waals surface area contributed by atoms with Gasteiger partial charge in [-0.15, -0.1) is 0 Å². The molecule has 1 aromatic carbocycles. The van der Waals surface area contributed by atoms with Gasteiger partial charge in [0, 0.05) is 0 Å². The van der Waals surface area contributed by atoms with Crippen LogP contribution in [0.1, 0.15) is 0 Å². The molecular formula is C10H13ISi. The Labute approximate surface area is 88.8 Å². The fourth-order valence-electron chi connectivity index (χ4n) is 1.12. The standard InChI is InChI=1S/C10H13ISi/c1-12(2,9-8-11)10-6-4-3-5-7-10/h3-9H,1-2H3/b9-8-. The van der Waals surface area contributed by atoms with Crippen LogP contribution in [0.25, 0.3) is 0 Å². The lowest BCUT2D eigenvalue weighted by Crippen LogP contribution is -2.39. The number of halogens is 1. The molecule has 0 saturated carbocycles. The SMILES string of the molecule is C[Si](C)(/C=C\I)c1ccccc1. The normalized spacial score (nSPS) is 12.2. The lowest BCUT2D eigenvalue weighted by molar-refractivity contribution is 1.71. The highest BCUT2D eigenvalue weighted by molar-refractivity contribution is 14.1. The van der Waals surface area contributed by atoms with Crippen molar-refractivity contribution in [2.24, 2.45) is 0 Å². The van der Waals surface area contributed by atoms with Gasteiger partial charge in [0.05, 0.1) is 0 Å². The van der Waals surface area contributed by atoms with Gasteiger partial charge in [0.15, 0.2) is 0 Å². The summed E-state index contributed by atoms with van der Waals surface area (Å²) in [5, 5.41) is 1.50. The smallest absolute Gasteiger partial charge is 0.0842 e. The molecule has 1 aromatic rings. The molecule has 0 bridgehead atoms. The third-order valence-electron chi connectivity index (χ3n) is 2.00. The Morgan fingerprint density at radius 3 is 2.25 bits per heavy atom. The fraction of sp³-hybridized carbons (Fsp3) is 0.200. The summed E-state index contributed by atoms with van der Waals surface area (Å²) in [7, 11) is -1.27. The van der Waals surface area contributed by atoms with Crippen molar-refractivity contribution < 1.29 is 0 Å². The molecule has 0 amide bonds. The molecule has 0 atom stereocenters. The Kier molecular flexibility index (Phi) is 3.52. The second kappa shape index (κ2) is 4.23. The predicted octanol–water partition coefficient (Wildman–Crippen LogP) is 3.09. The van der Waals surface area contributed by atoms with Gasteiger partial charge in [-0.05, 0) is 4.08 Å². The van der Waals surface area contributed by atoms with Crippen molar-refractivity contribution in [1.82, 2.24) is 0 Å². The quantitative estimate of drug-likeness (QED) is 0.579. The first-order valence-corrected chi connectivity index (χ1v) is 8.32. The van der Waals surface area contributed by atoms with Crippen molar-refractivity contribution in [2.75, 3.05) is 0 Å². The first-order chi connectivity index (χ1) is 5.67. The van der Waals surface area contributed by atoms with Crippen molar-refractivity contribution in [3.63, 3.8) is 0 Å². The molecule has 0 saturated heterocycles. The van der Waals surface area contributed by atoms with Gasteiger partial charge in [-0.2, -0.15) is 0 Å². The van der Waals surface area contributed by atoms with Gasteiger partial charge in [0.2, 0.25) is 0 Å². The highest BCUT2D eigenvalue weighted by Gasteiger charge is 2.18. The van der Waals surface area contributed by atoms with Gasteiger partial charge in [-0.1, -0.05) is 76.9 Å². The van der Waals surface area contributed by atoms with E-state index in [1.165, 1.54) is 5.19 Å². The van der Waals surface area contributed by atoms with E-state index < -0.39 is 8.07 Å². The average Bonchev–Trinajstić information content (AvgIpc) is 2.06. The van der Waals surface area contributed by atoms with E-state index in [1.54, 1.807) is 0 Å². The molecule has 0 fully saturated rings. The maximum Gasteiger partial charge on any atom is 0.104 e. The molecule has 0 aliphatic rings. The Morgan fingerprint density at radius 1 is 1.17 bits per heavy atom. The molecule has 0 spiro atoms. The molecule has 2 heteroatoms. The summed E-state index contributed by atoms with van der Waals surface area (Å²) in [6, 6.07) is 10.8. The Morgan fingerprint density at radius 2 is 1.75 bits per heavy atom. The van der Waals surface area contributed by atoms with Crippen molar-refractivity contribution in [1.29, 1.82) is 0 Å². The average molecular weight is 288 g/mol. The van der Waals surface area contributed by atoms with Crippen LogP contribution in [-0.2, 0) is 0 Å². The minimum atomic E-state index is -1.27. The van der Waals surface area contributed by atoms with Crippen molar-refractivity contribution >= 4 is 35.9 Å². The van der Waals surface area contributed by atoms with E-state index in [-0.39, 0.29) is 0 Å². The highest BCUT2D eigenvalue weighted by atomic mass is 127. The number of hydrogen-bond acceptors (Lipinski definition) is 0. The van der Waals surface area contributed by atoms with E-state index in [1.807, 2.05) is 0 Å². The van der Waals surface area contributed by atoms with Gasteiger partial charge in [-0.25, -0.2) is 0 Å². The second-order valence-electron chi connectivity index (χ2n) is 3.38. The third kappa shape index (κ3) is 2.45. The van der Waals surface area contributed by atoms with Gasteiger partial charge in [-0.3, -0.25) is 0 Å². The predicted molar refractivity (Wildman–Crippen MR) is 66.7 cm³/mol. The van der Waals surface area contributed by atoms with Crippen LogP contribution in [0.4, 0.5) is 0 Å². The summed E-state index contributed by atoms with van der Waals surface area (Å²) < 4.78 is 2.14. The molecule has 0 radical (unpaired) electrons. The lowest BCUT2D eigenvalue weighted by Gasteiger charge is -2.17. The zero-order valence-corrected chi connectivity index (χ0v) is 10.6. The van der Waals surface area contributed by atoms with Crippen LogP contribution >= 0.6 is 22.6 Å². The number of hydrogen-bond donors (Lipinski definition) is 0. The molecular weight excluding hydrogens is 275 g/mol. The lowest BCUT2D eigenvalue weighted by atomic mass is 10.4. The molecule has 0 aliphatic carbocycles. The van der Waals surface area contributed by atoms with E-state index >= 15 is 0 Å². The second-order valence-corrected chi connectivity index (χ2v) is 8.45. The van der Waals surface area contributed by atoms with Crippen molar-refractivity contribution in [3.05, 3.63) is 40.1 Å². The minimum absolute atomic E-state index is 1.27. The van der Waals surface area contributed by atoms with Crippen molar-refractivity contribution in [2.45, 2.75) is 13.1 Å². The Balaban J connectivity index is 2.97. The monoisotopic (exact) mass is 288 g/mol. The number of benzene rings is 1. The largest absolute Gasteiger partial charge is 0.104 e. The maximum absolute atomic E-state index is 2.36. The summed E-state index contributed by atoms with van der Waals surface area (Å²) in [4.78, 5) is 0. The van der Waals surface area contributed by atoms with Crippen LogP contribution in [0.15, 0.2) is 40.1 Å². The van der Waals surface area contributed by atoms with E-state index in [4.69, 9.17) is 0 Å². The van der Waals surface area contributed by atoms with E-state index in [2.05, 4.69) is 75.8 Å². The molecule has 12 heavy (non-hydrogen) atoms. The molecule has 0 nitrogen and oxygen atoms in total. The first kappa shape index (κ1) is 9.99. The molecule has 0 aliphatic heterocycles. The fourth-order valence-corrected chi connectivity index (χ4v) is 5.38. The van der Waals surface area contributed by atoms with E-state index in [9.17, 15) is 0 Å². The third-order valence-corrected chi connectivity index (χ3v) is 5.86. The van der Waals surface area contributed by atoms with Crippen LogP contribution in [0.5, 0.6) is 0 Å². The zero-order chi connectivity index (χ0) is 9.03. The van der Waals surface area contributed by atoms with E-state index in [0.717, 1.165) is 0 Å². The Hall–Kier alpha value is -0.0931. The molecule has 0 aromatic heterocycles. The van der Waals surface area contributed by atoms with Crippen LogP contribution in [0.3, 0.4) is 0 Å². The molecule has 0 heterocycles. The minimum Gasteiger partial charge on any atom is -0.0842 e. The first-order valence-electron chi connectivity index (χ1n) is 4.00. The van der Waals surface area contributed by atoms with Gasteiger partial charge in [0.1, 0.15) is 8.07 Å². The summed E-state index contributed by atoms with van der Waals surface area (Å²) in [5.41, 5.74) is 2.35. The number of rotatable bonds is 2. The summed E-state index contributed by atoms with van der Waals surface area (Å²) in [5.74, 6) is 0. The molecule has 1 rings (SSSR count). The van der Waals surface area contributed by atoms with Crippen LogP contribution in [0, 0.1) is 0 Å². The van der Waals surface area contributed by atoms with Crippen LogP contribution < -0.4 is 5.19 Å². The van der Waals surface area contributed by atoms with Gasteiger partial charge in [0.25, 0.3) is 0 Å². The summed E-state index contributed by atoms with van der Waals surface area (Å²) in [6.07, 6.45) is 0. The van der Waals surface area contributed by atoms with Crippen LogP contribution in [-0.4, -0.2) is 8.07 Å². The van der Waals surface area contributed by atoms with Crippen molar-refractivity contribution in [3.8, 4) is 0 Å². The maximum atomic E-state index is 2.36. The molecule has 0 unspecified atom stereocenters. The highest BCUT2D eigenvalue weighted by Crippen LogP contribution is 2.06. The summed E-state index contributed by atoms with van der Waals surface area (Å²) >= 11 is 2.29. The van der Waals surface area contributed by atoms with E-state index in [0.29, 0.717) is 0 Å². The zero-order valence-electron chi connectivity index (χ0n) is 7.42. The molecule has 64 valence electrons. The topological polar surface area (TPSA) is 0 Å². The summed E-state index contributed by atoms with van der Waals surface area (Å²) in [6.45, 7) is 4.72. The van der Waals surface area contributed by atoms with Gasteiger partial charge < -0.3 is 0 Å². The van der Waals surface area contributed by atoms with Gasteiger partial charge >= 0.3 is 0 Å².